The fraction of sp³-hybridized carbons (Fsp3) is 0.242. The number of rotatable bonds is 7. The van der Waals surface area contributed by atoms with E-state index >= 15 is 0 Å². The summed E-state index contributed by atoms with van der Waals surface area (Å²) >= 11 is 0. The van der Waals surface area contributed by atoms with Gasteiger partial charge in [0.15, 0.2) is 12.4 Å². The molecule has 43 heavy (non-hydrogen) atoms. The van der Waals surface area contributed by atoms with Crippen molar-refractivity contribution in [1.82, 2.24) is 4.98 Å². The molecule has 4 atom stereocenters. The van der Waals surface area contributed by atoms with E-state index in [9.17, 15) is 29.3 Å². The molecule has 2 aliphatic carbocycles. The summed E-state index contributed by atoms with van der Waals surface area (Å²) in [6, 6.07) is 20.7. The van der Waals surface area contributed by atoms with Crippen LogP contribution >= 0.6 is 0 Å². The molecule has 0 spiro atoms. The van der Waals surface area contributed by atoms with Crippen LogP contribution in [0.4, 0.5) is 11.4 Å². The molecular formula is C33H25N3O7. The summed E-state index contributed by atoms with van der Waals surface area (Å²) in [5.41, 5.74) is 2.28. The van der Waals surface area contributed by atoms with Crippen LogP contribution in [0, 0.1) is 33.8 Å². The summed E-state index contributed by atoms with van der Waals surface area (Å²) in [6.45, 7) is -0.554. The number of para-hydroxylation sites is 1. The molecule has 10 nitrogen and oxygen atoms in total. The number of hydrogen-bond acceptors (Lipinski definition) is 8. The first kappa shape index (κ1) is 26.6. The number of nitro groups is 1. The highest BCUT2D eigenvalue weighted by Crippen LogP contribution is 2.56. The minimum Gasteiger partial charge on any atom is -0.454 e. The van der Waals surface area contributed by atoms with Crippen LogP contribution in [0.1, 0.15) is 40.0 Å². The van der Waals surface area contributed by atoms with Crippen LogP contribution in [0.25, 0.3) is 22.2 Å². The van der Waals surface area contributed by atoms with E-state index in [0.717, 1.165) is 19.3 Å². The SMILES string of the molecule is O=C(COC(=O)c1cc(-c2cccc(N3C(=O)C4C5CCC(C5)C4C3=O)c2)nc2ccccc12)c1ccc([N+](=O)[O-])cc1. The number of hydrogen-bond donors (Lipinski definition) is 0. The number of imide groups is 1. The van der Waals surface area contributed by atoms with Gasteiger partial charge in [0.25, 0.3) is 5.69 Å². The molecular weight excluding hydrogens is 550 g/mol. The van der Waals surface area contributed by atoms with Gasteiger partial charge in [0.1, 0.15) is 0 Å². The third-order valence-corrected chi connectivity index (χ3v) is 9.00. The number of pyridine rings is 1. The van der Waals surface area contributed by atoms with Crippen molar-refractivity contribution in [1.29, 1.82) is 0 Å². The molecule has 2 amide bonds. The molecule has 3 aromatic carbocycles. The van der Waals surface area contributed by atoms with Crippen LogP contribution < -0.4 is 4.90 Å². The number of carbonyl (C=O) groups excluding carboxylic acids is 4. The number of ketones is 1. The lowest BCUT2D eigenvalue weighted by atomic mass is 9.81. The maximum absolute atomic E-state index is 13.4. The molecule has 3 fully saturated rings. The van der Waals surface area contributed by atoms with Crippen molar-refractivity contribution in [3.8, 4) is 11.3 Å². The van der Waals surface area contributed by atoms with Crippen LogP contribution in [0.5, 0.6) is 0 Å². The third-order valence-electron chi connectivity index (χ3n) is 9.00. The molecule has 1 aliphatic heterocycles. The van der Waals surface area contributed by atoms with Crippen molar-refractivity contribution in [2.75, 3.05) is 11.5 Å². The Morgan fingerprint density at radius 1 is 0.907 bits per heavy atom. The van der Waals surface area contributed by atoms with E-state index in [4.69, 9.17) is 9.72 Å². The fourth-order valence-electron chi connectivity index (χ4n) is 7.02. The molecule has 1 saturated heterocycles. The number of non-ortho nitro benzene ring substituents is 1. The molecule has 0 radical (unpaired) electrons. The van der Waals surface area contributed by atoms with Gasteiger partial charge in [-0.1, -0.05) is 30.3 Å². The van der Waals surface area contributed by atoms with Gasteiger partial charge in [-0.05, 0) is 67.5 Å². The maximum atomic E-state index is 13.4. The van der Waals surface area contributed by atoms with Crippen molar-refractivity contribution in [2.45, 2.75) is 19.3 Å². The van der Waals surface area contributed by atoms with Gasteiger partial charge >= 0.3 is 5.97 Å². The number of aromatic nitrogens is 1. The second-order valence-corrected chi connectivity index (χ2v) is 11.3. The topological polar surface area (TPSA) is 137 Å². The number of nitrogens with zero attached hydrogens (tertiary/aromatic N) is 3. The molecule has 2 heterocycles. The van der Waals surface area contributed by atoms with Gasteiger partial charge in [-0.15, -0.1) is 0 Å². The lowest BCUT2D eigenvalue weighted by Crippen LogP contribution is -2.32. The lowest BCUT2D eigenvalue weighted by Gasteiger charge is -2.19. The van der Waals surface area contributed by atoms with E-state index in [-0.39, 0.29) is 52.3 Å². The molecule has 10 heteroatoms. The Kier molecular flexibility index (Phi) is 6.34. The highest BCUT2D eigenvalue weighted by atomic mass is 16.6. The second kappa shape index (κ2) is 10.2. The van der Waals surface area contributed by atoms with Gasteiger partial charge in [-0.2, -0.15) is 0 Å². The molecule has 0 N–H and O–H groups in total. The third kappa shape index (κ3) is 4.46. The largest absolute Gasteiger partial charge is 0.454 e. The Balaban J connectivity index is 1.16. The van der Waals surface area contributed by atoms with Crippen LogP contribution in [0.3, 0.4) is 0 Å². The van der Waals surface area contributed by atoms with Crippen LogP contribution in [-0.4, -0.2) is 40.1 Å². The molecule has 214 valence electrons. The molecule has 3 aliphatic rings. The summed E-state index contributed by atoms with van der Waals surface area (Å²) in [7, 11) is 0. The van der Waals surface area contributed by atoms with Crippen molar-refractivity contribution in [2.24, 2.45) is 23.7 Å². The maximum Gasteiger partial charge on any atom is 0.339 e. The van der Waals surface area contributed by atoms with E-state index in [1.165, 1.54) is 29.2 Å². The number of nitro benzene ring substituents is 1. The Labute approximate surface area is 245 Å². The Bertz CT molecular complexity index is 1820. The molecule has 2 saturated carbocycles. The van der Waals surface area contributed by atoms with E-state index in [2.05, 4.69) is 0 Å². The smallest absolute Gasteiger partial charge is 0.339 e. The zero-order chi connectivity index (χ0) is 29.8. The lowest BCUT2D eigenvalue weighted by molar-refractivity contribution is -0.384. The Morgan fingerprint density at radius 3 is 2.30 bits per heavy atom. The van der Waals surface area contributed by atoms with Gasteiger partial charge < -0.3 is 4.74 Å². The predicted octanol–water partition coefficient (Wildman–Crippen LogP) is 5.39. The summed E-state index contributed by atoms with van der Waals surface area (Å²) in [6.07, 6.45) is 2.95. The highest BCUT2D eigenvalue weighted by Gasteiger charge is 2.61. The fourth-order valence-corrected chi connectivity index (χ4v) is 7.02. The van der Waals surface area contributed by atoms with Crippen LogP contribution in [0.15, 0.2) is 78.9 Å². The minimum absolute atomic E-state index is 0.132. The number of anilines is 1. The van der Waals surface area contributed by atoms with Crippen LogP contribution in [-0.2, 0) is 14.3 Å². The number of Topliss-reactive ketones (excluding diaryl/α,β-unsaturated/α-hetero) is 1. The first-order valence-corrected chi connectivity index (χ1v) is 14.1. The zero-order valence-electron chi connectivity index (χ0n) is 22.8. The molecule has 7 rings (SSSR count). The number of esters is 1. The van der Waals surface area contributed by atoms with E-state index in [1.807, 2.05) is 0 Å². The average Bonchev–Trinajstić information content (AvgIpc) is 3.72. The first-order valence-electron chi connectivity index (χ1n) is 14.1. The number of amides is 2. The summed E-state index contributed by atoms with van der Waals surface area (Å²) in [4.78, 5) is 69.1. The Hall–Kier alpha value is -5.25. The quantitative estimate of drug-likeness (QED) is 0.0941. The van der Waals surface area contributed by atoms with E-state index in [0.29, 0.717) is 27.8 Å². The van der Waals surface area contributed by atoms with Crippen molar-refractivity contribution < 1.29 is 28.8 Å². The highest BCUT2D eigenvalue weighted by molar-refractivity contribution is 6.22. The number of ether oxygens (including phenoxy) is 1. The average molecular weight is 576 g/mol. The van der Waals surface area contributed by atoms with Crippen molar-refractivity contribution in [3.05, 3.63) is 100 Å². The number of carbonyl (C=O) groups is 4. The number of benzene rings is 3. The zero-order valence-corrected chi connectivity index (χ0v) is 22.8. The van der Waals surface area contributed by atoms with Gasteiger partial charge in [0, 0.05) is 28.6 Å². The van der Waals surface area contributed by atoms with Gasteiger partial charge in [-0.25, -0.2) is 9.78 Å². The Morgan fingerprint density at radius 2 is 1.60 bits per heavy atom. The normalized spacial score (nSPS) is 22.2. The summed E-state index contributed by atoms with van der Waals surface area (Å²) < 4.78 is 5.37. The second-order valence-electron chi connectivity index (χ2n) is 11.3. The monoisotopic (exact) mass is 575 g/mol. The summed E-state index contributed by atoms with van der Waals surface area (Å²) in [5.74, 6) is -1.41. The van der Waals surface area contributed by atoms with Crippen LogP contribution in [0.2, 0.25) is 0 Å². The predicted molar refractivity (Wildman–Crippen MR) is 155 cm³/mol. The van der Waals surface area contributed by atoms with Gasteiger partial charge in [0.2, 0.25) is 11.8 Å². The van der Waals surface area contributed by atoms with E-state index in [1.54, 1.807) is 54.6 Å². The molecule has 1 aromatic heterocycles. The standard InChI is InChI=1S/C33H25N3O7/c37-28(18-10-12-22(13-11-18)36(41)42)17-43-33(40)25-16-27(34-26-7-2-1-6-24(25)26)19-4-3-5-23(15-19)35-31(38)29-20-8-9-21(14-20)30(29)32(35)39/h1-7,10-13,15-16,20-21,29-30H,8-9,14,17H2. The first-order chi connectivity index (χ1) is 20.8. The van der Waals surface area contributed by atoms with Gasteiger partial charge in [-0.3, -0.25) is 29.4 Å². The molecule has 2 bridgehead atoms. The molecule has 4 unspecified atom stereocenters. The van der Waals surface area contributed by atoms with Crippen molar-refractivity contribution in [3.63, 3.8) is 0 Å². The van der Waals surface area contributed by atoms with Crippen molar-refractivity contribution >= 4 is 45.8 Å². The number of fused-ring (bicyclic) bond motifs is 6. The minimum atomic E-state index is -0.737. The van der Waals surface area contributed by atoms with E-state index < -0.39 is 23.3 Å². The molecule has 4 aromatic rings. The summed E-state index contributed by atoms with van der Waals surface area (Å²) in [5, 5.41) is 11.4. The van der Waals surface area contributed by atoms with Gasteiger partial charge in [0.05, 0.1) is 39.2 Å².